The van der Waals surface area contributed by atoms with Gasteiger partial charge in [-0.1, -0.05) is 50.9 Å². The lowest BCUT2D eigenvalue weighted by molar-refractivity contribution is -0.137. The molecule has 0 radical (unpaired) electrons. The Balaban J connectivity index is 0.000000102. The van der Waals surface area contributed by atoms with Crippen molar-refractivity contribution in [1.29, 1.82) is 0 Å². The predicted octanol–water partition coefficient (Wildman–Crippen LogP) is 22.0. The van der Waals surface area contributed by atoms with Gasteiger partial charge < -0.3 is 20.4 Å². The van der Waals surface area contributed by atoms with Gasteiger partial charge in [-0.05, 0) is 446 Å². The zero-order valence-electron chi connectivity index (χ0n) is 78.8. The van der Waals surface area contributed by atoms with Crippen LogP contribution in [0.2, 0.25) is 10.3 Å². The first-order chi connectivity index (χ1) is 62.0. The highest BCUT2D eigenvalue weighted by Gasteiger charge is 2.76. The van der Waals surface area contributed by atoms with Crippen molar-refractivity contribution in [2.75, 3.05) is 0 Å². The van der Waals surface area contributed by atoms with Gasteiger partial charge in [-0.2, -0.15) is 20.4 Å². The second-order valence-electron chi connectivity index (χ2n) is 50.7. The molecular weight excluding hydrogens is 1660 g/mol. The zero-order chi connectivity index (χ0) is 90.6. The number of fused-ring (bicyclic) bond motifs is 28. The first kappa shape index (κ1) is 89.1. The SMILES string of the molecule is [C-]#[N+]c1cn(CC(=O)[C@H]2[C@H]3C[C@H]3[C@H]3[C@@H]4CC[C@@H]5C[C@](C)(O)CC[C@@H]5[C@H]4CC[C@@]32C)nc1C.[C-]#[N+]c1cn(CC(=O)[C@H]2[C@H]3C[C@H]3[C@H]3[C@@H]4CC[C@@H]5C[C@](C)(O)CC[C@@H]5[C@H]4CC[C@@]32C)nc1Cl.[C-]#[N+]c1cnn(CC(=O)[C@H]2[C@H]3C[C@H]3[C@H]3[C@@H]4CC[C@@H]5C[C@](C)(O)CC[C@@H]5[C@H]4CC[C@@]32C)c1C1CC1.[C-]#[N+]c1cnn(CC(=O)[C@H]2[C@H]3C[C@H]3[C@H]3[C@@H]4CC[C@@H]5C[C@](C)(O)CC[C@@H]5[C@H]4CC[C@@]32C)c1Cl. The summed E-state index contributed by atoms with van der Waals surface area (Å²) >= 11 is 12.3. The minimum Gasteiger partial charge on any atom is -0.390 e. The van der Waals surface area contributed by atoms with Crippen LogP contribution in [-0.2, 0) is 45.4 Å². The molecule has 4 aromatic rings. The first-order valence-corrected chi connectivity index (χ1v) is 52.8. The largest absolute Gasteiger partial charge is 0.390 e. The average Bonchev–Trinajstić information content (AvgIpc) is 1.53. The Labute approximate surface area is 781 Å². The smallest absolute Gasteiger partial charge is 0.242 e. The molecule has 0 aliphatic heterocycles. The predicted molar refractivity (Wildman–Crippen MR) is 495 cm³/mol. The van der Waals surface area contributed by atoms with Gasteiger partial charge in [0.05, 0.1) is 93.0 Å². The maximum atomic E-state index is 13.9. The Kier molecular flexibility index (Phi) is 21.9. The lowest BCUT2D eigenvalue weighted by Gasteiger charge is -2.57. The molecule has 0 spiro atoms. The number of carbonyl (C=O) groups excluding carboxylic acids is 4. The Hall–Kier alpha value is -6.10. The molecule has 4 aromatic heterocycles. The number of carbonyl (C=O) groups is 4. The molecule has 22 heteroatoms. The highest BCUT2D eigenvalue weighted by Crippen LogP contribution is 2.80. The van der Waals surface area contributed by atoms with Crippen LogP contribution in [0.4, 0.5) is 22.7 Å². The van der Waals surface area contributed by atoms with E-state index >= 15 is 0 Å². The van der Waals surface area contributed by atoms with Crippen molar-refractivity contribution in [3.05, 3.63) is 92.2 Å². The Bertz CT molecular complexity index is 5160. The fourth-order valence-electron chi connectivity index (χ4n) is 38.8. The van der Waals surface area contributed by atoms with E-state index in [0.29, 0.717) is 130 Å². The molecule has 21 aliphatic carbocycles. The third kappa shape index (κ3) is 14.8. The Morgan fingerprint density at radius 1 is 0.354 bits per heavy atom. The summed E-state index contributed by atoms with van der Waals surface area (Å²) in [6, 6.07) is 0. The fourth-order valence-corrected chi connectivity index (χ4v) is 39.2. The minimum absolute atomic E-state index is 0.0983. The lowest BCUT2D eigenvalue weighted by Crippen LogP contribution is -2.52. The standard InChI is InChI=1S/C29H39N3O2.C27H37N3O2.2C26H34ClN3O2/c1-28(34)10-8-18-17(13-28)6-7-20-19(18)9-11-29(2)25(20)21-12-22(21)26(29)24(33)15-32-27(16-4-5-16)23(30-3)14-31-32;1-15-22(28-4)13-30(29-15)14-23(31)25-21-11-20(21)24-19-6-5-16-12-26(2,32)9-7-17(16)18(19)8-10-27(24,25)3;1-25(32)8-6-15-14(11-25)4-5-17-16(15)7-9-26(2)22(17)18-10-19(18)23(26)21(31)13-30-12-20(28-3)24(27)29-30;1-25(32)8-6-15-14(11-25)4-5-17-16(15)7-9-26(2)22(17)18-10-19(18)23(26)21(31)13-30-24(27)20(28-3)12-29-30/h14,16-22,25-26,34H,4-13,15H2,1-2H3;13,16-21,24-25,32H,5-12,14H2,1-3H3;2*12,14-19,22-23,32H,4-11,13H2,1-2H3/t17-,18+,19-,20-,21-,22+,25-,26-,28-,29+;16-,17+,18-,19-,20-,21+,24-,25-,26-,27+;2*14-,15+,16-,17-,18-,19+,22-,23-,25-,26+/m1111/s1. The Morgan fingerprint density at radius 2 is 0.654 bits per heavy atom. The minimum atomic E-state index is -0.468. The van der Waals surface area contributed by atoms with Crippen LogP contribution in [0, 0.1) is 244 Å². The summed E-state index contributed by atoms with van der Waals surface area (Å²) in [6.45, 7) is 50.0. The van der Waals surface area contributed by atoms with Gasteiger partial charge in [0.25, 0.3) is 0 Å². The summed E-state index contributed by atoms with van der Waals surface area (Å²) in [7, 11) is 0. The molecule has 4 N–H and O–H groups in total. The van der Waals surface area contributed by atoms with Gasteiger partial charge in [0.2, 0.25) is 22.7 Å². The number of hydrogen-bond acceptors (Lipinski definition) is 12. The number of aliphatic hydroxyl groups is 4. The molecule has 21 aliphatic rings. The zero-order valence-corrected chi connectivity index (χ0v) is 80.3. The Morgan fingerprint density at radius 3 is 0.969 bits per heavy atom. The third-order valence-electron chi connectivity index (χ3n) is 43.4. The van der Waals surface area contributed by atoms with Crippen LogP contribution < -0.4 is 0 Å². The highest BCUT2D eigenvalue weighted by atomic mass is 35.5. The second kappa shape index (κ2) is 32.0. The molecule has 130 heavy (non-hydrogen) atoms. The maximum Gasteiger partial charge on any atom is 0.242 e. The molecule has 21 saturated carbocycles. The van der Waals surface area contributed by atoms with Gasteiger partial charge in [0.1, 0.15) is 5.15 Å². The quantitative estimate of drug-likeness (QED) is 0.0915. The number of ketones is 4. The van der Waals surface area contributed by atoms with E-state index < -0.39 is 22.4 Å². The van der Waals surface area contributed by atoms with Gasteiger partial charge in [-0.15, -0.1) is 0 Å². The van der Waals surface area contributed by atoms with Crippen LogP contribution in [0.5, 0.6) is 0 Å². The van der Waals surface area contributed by atoms with Crippen LogP contribution in [0.1, 0.15) is 291 Å². The fraction of sp³-hybridized carbons (Fsp3) is 0.815. The van der Waals surface area contributed by atoms with Gasteiger partial charge in [-0.3, -0.25) is 37.9 Å². The average molecular weight is 1810 g/mol. The van der Waals surface area contributed by atoms with Crippen molar-refractivity contribution < 1.29 is 39.6 Å². The third-order valence-corrected chi connectivity index (χ3v) is 44.1. The molecule has 0 bridgehead atoms. The number of nitrogens with zero attached hydrogens (tertiary/aromatic N) is 12. The number of Topliss-reactive ketones (excluding diaryl/α,β-unsaturated/α-hetero) is 4. The van der Waals surface area contributed by atoms with E-state index in [9.17, 15) is 39.6 Å². The summed E-state index contributed by atoms with van der Waals surface area (Å²) in [4.78, 5) is 68.7. The molecule has 20 nitrogen and oxygen atoms in total. The van der Waals surface area contributed by atoms with E-state index in [0.717, 1.165) is 183 Å². The summed E-state index contributed by atoms with van der Waals surface area (Å²) in [5.74, 6) is 22.6. The number of hydrogen-bond donors (Lipinski definition) is 4. The van der Waals surface area contributed by atoms with E-state index in [4.69, 9.17) is 49.5 Å². The van der Waals surface area contributed by atoms with Crippen molar-refractivity contribution in [2.24, 2.45) is 211 Å². The van der Waals surface area contributed by atoms with Gasteiger partial charge in [0.15, 0.2) is 28.3 Å². The molecule has 40 atom stereocenters. The van der Waals surface area contributed by atoms with E-state index in [2.05, 4.69) is 67.5 Å². The van der Waals surface area contributed by atoms with E-state index in [1.54, 1.807) is 28.0 Å². The molecule has 4 heterocycles. The van der Waals surface area contributed by atoms with Gasteiger partial charge in [0, 0.05) is 41.8 Å². The molecule has 0 saturated heterocycles. The first-order valence-electron chi connectivity index (χ1n) is 52.0. The number of aryl methyl sites for hydroxylation is 1. The van der Waals surface area contributed by atoms with Crippen LogP contribution >= 0.6 is 23.2 Å². The molecule has 25 rings (SSSR count). The maximum absolute atomic E-state index is 13.9. The van der Waals surface area contributed by atoms with Crippen molar-refractivity contribution >= 4 is 69.1 Å². The second-order valence-corrected chi connectivity index (χ2v) is 51.4. The van der Waals surface area contributed by atoms with Crippen LogP contribution in [0.15, 0.2) is 24.8 Å². The summed E-state index contributed by atoms with van der Waals surface area (Å²) in [6.07, 6.45) is 46.2. The van der Waals surface area contributed by atoms with E-state index in [1.807, 2.05) is 39.3 Å². The molecule has 0 aromatic carbocycles. The van der Waals surface area contributed by atoms with Gasteiger partial charge >= 0.3 is 0 Å². The molecule has 698 valence electrons. The number of aromatic nitrogens is 8. The monoisotopic (exact) mass is 1810 g/mol. The van der Waals surface area contributed by atoms with Gasteiger partial charge in [-0.25, -0.2) is 19.4 Å². The van der Waals surface area contributed by atoms with Crippen molar-refractivity contribution in [2.45, 2.75) is 335 Å². The normalized spacial score (nSPS) is 48.7. The van der Waals surface area contributed by atoms with Crippen LogP contribution in [0.25, 0.3) is 19.4 Å². The topological polar surface area (TPSA) is 238 Å². The van der Waals surface area contributed by atoms with Crippen LogP contribution in [-0.4, -0.2) is 105 Å². The van der Waals surface area contributed by atoms with Crippen LogP contribution in [0.3, 0.4) is 0 Å². The molecule has 21 fully saturated rings. The van der Waals surface area contributed by atoms with Crippen molar-refractivity contribution in [3.63, 3.8) is 0 Å². The summed E-state index contributed by atoms with van der Waals surface area (Å²) in [5, 5.41) is 60.4. The number of rotatable bonds is 13. The number of halogens is 2. The molecule has 0 amide bonds. The highest BCUT2D eigenvalue weighted by molar-refractivity contribution is 6.32. The summed E-state index contributed by atoms with van der Waals surface area (Å²) < 4.78 is 6.71. The lowest BCUT2D eigenvalue weighted by atomic mass is 9.48. The van der Waals surface area contributed by atoms with Crippen molar-refractivity contribution in [1.82, 2.24) is 39.1 Å². The van der Waals surface area contributed by atoms with E-state index in [-0.39, 0.29) is 74.5 Å². The summed E-state index contributed by atoms with van der Waals surface area (Å²) in [5.41, 5.74) is 2.24. The van der Waals surface area contributed by atoms with Crippen molar-refractivity contribution in [3.8, 4) is 0 Å². The molecule has 0 unspecified atom stereocenters. The van der Waals surface area contributed by atoms with E-state index in [1.165, 1.54) is 152 Å². The molecular formula is C108H144Cl2N12O8.